The largest absolute Gasteiger partial charge is 0.479 e. The molecule has 0 aliphatic carbocycles. The number of carboxylic acid groups (broad SMARTS) is 1. The van der Waals surface area contributed by atoms with Gasteiger partial charge in [0.05, 0.1) is 11.9 Å². The molecule has 0 unspecified atom stereocenters. The lowest BCUT2D eigenvalue weighted by Gasteiger charge is -2.19. The molecular weight excluding hydrogens is 289 g/mol. The third-order valence-corrected chi connectivity index (χ3v) is 3.36. The maximum atomic E-state index is 13.2. The minimum Gasteiger partial charge on any atom is -0.479 e. The number of aryl methyl sites for hydroxylation is 1. The number of amides is 1. The van der Waals surface area contributed by atoms with Crippen molar-refractivity contribution >= 4 is 17.6 Å². The molecule has 0 saturated carbocycles. The topological polar surface area (TPSA) is 84.2 Å². The van der Waals surface area contributed by atoms with Crippen LogP contribution in [-0.2, 0) is 10.3 Å². The maximum Gasteiger partial charge on any atom is 0.331 e. The van der Waals surface area contributed by atoms with Crippen molar-refractivity contribution in [3.05, 3.63) is 47.5 Å². The van der Waals surface area contributed by atoms with Gasteiger partial charge in [-0.05, 0) is 44.5 Å². The second-order valence-electron chi connectivity index (χ2n) is 5.46. The van der Waals surface area contributed by atoms with Crippen molar-refractivity contribution < 1.29 is 19.1 Å². The molecule has 0 aliphatic rings. The quantitative estimate of drug-likeness (QED) is 0.908. The average molecular weight is 305 g/mol. The molecule has 22 heavy (non-hydrogen) atoms. The number of hydrogen-bond acceptors (Lipinski definition) is 3. The van der Waals surface area contributed by atoms with E-state index in [9.17, 15) is 14.0 Å². The van der Waals surface area contributed by atoms with Gasteiger partial charge in [-0.3, -0.25) is 9.48 Å². The van der Waals surface area contributed by atoms with Crippen LogP contribution in [0.25, 0.3) is 0 Å². The van der Waals surface area contributed by atoms with E-state index >= 15 is 0 Å². The Morgan fingerprint density at radius 2 is 2.05 bits per heavy atom. The Bertz CT molecular complexity index is 737. The third kappa shape index (κ3) is 2.98. The number of carbonyl (C=O) groups is 2. The molecule has 2 aromatic rings. The number of aromatic nitrogens is 2. The highest BCUT2D eigenvalue weighted by Gasteiger charge is 2.30. The summed E-state index contributed by atoms with van der Waals surface area (Å²) < 4.78 is 14.4. The lowest BCUT2D eigenvalue weighted by molar-refractivity contribution is -0.146. The van der Waals surface area contributed by atoms with Crippen LogP contribution in [0.4, 0.5) is 10.1 Å². The summed E-state index contributed by atoms with van der Waals surface area (Å²) in [5, 5.41) is 15.7. The lowest BCUT2D eigenvalue weighted by Crippen LogP contribution is -2.35. The van der Waals surface area contributed by atoms with E-state index in [2.05, 4.69) is 10.4 Å². The standard InChI is InChI=1S/C15H16FN3O3/c1-9-6-10(4-5-12(9)16)13(20)18-11-7-17-19(8-11)15(2,3)14(21)22/h4-8H,1-3H3,(H,18,20)(H,21,22). The van der Waals surface area contributed by atoms with Crippen LogP contribution in [0.1, 0.15) is 29.8 Å². The van der Waals surface area contributed by atoms with Gasteiger partial charge in [0.2, 0.25) is 0 Å². The van der Waals surface area contributed by atoms with Crippen molar-refractivity contribution in [1.29, 1.82) is 0 Å². The van der Waals surface area contributed by atoms with Gasteiger partial charge < -0.3 is 10.4 Å². The summed E-state index contributed by atoms with van der Waals surface area (Å²) in [7, 11) is 0. The van der Waals surface area contributed by atoms with Gasteiger partial charge in [0.15, 0.2) is 5.54 Å². The minimum absolute atomic E-state index is 0.309. The van der Waals surface area contributed by atoms with E-state index in [-0.39, 0.29) is 5.82 Å². The molecule has 0 aliphatic heterocycles. The van der Waals surface area contributed by atoms with E-state index in [1.54, 1.807) is 6.92 Å². The van der Waals surface area contributed by atoms with Crippen LogP contribution < -0.4 is 5.32 Å². The number of halogens is 1. The second kappa shape index (κ2) is 5.59. The maximum absolute atomic E-state index is 13.2. The molecule has 0 spiro atoms. The van der Waals surface area contributed by atoms with Crippen LogP contribution in [0.2, 0.25) is 0 Å². The number of carboxylic acids is 1. The Morgan fingerprint density at radius 3 is 2.64 bits per heavy atom. The van der Waals surface area contributed by atoms with E-state index in [4.69, 9.17) is 5.11 Å². The van der Waals surface area contributed by atoms with Gasteiger partial charge in [0, 0.05) is 11.8 Å². The number of benzene rings is 1. The Labute approximate surface area is 126 Å². The fourth-order valence-corrected chi connectivity index (χ4v) is 1.78. The van der Waals surface area contributed by atoms with Crippen LogP contribution in [0.5, 0.6) is 0 Å². The predicted octanol–water partition coefficient (Wildman–Crippen LogP) is 2.40. The number of anilines is 1. The predicted molar refractivity (Wildman–Crippen MR) is 78.3 cm³/mol. The molecule has 2 rings (SSSR count). The minimum atomic E-state index is -1.23. The summed E-state index contributed by atoms with van der Waals surface area (Å²) >= 11 is 0. The van der Waals surface area contributed by atoms with E-state index in [0.717, 1.165) is 0 Å². The van der Waals surface area contributed by atoms with Gasteiger partial charge in [-0.1, -0.05) is 0 Å². The summed E-state index contributed by atoms with van der Waals surface area (Å²) in [5.74, 6) is -1.84. The first-order chi connectivity index (χ1) is 10.2. The SMILES string of the molecule is Cc1cc(C(=O)Nc2cnn(C(C)(C)C(=O)O)c2)ccc1F. The van der Waals surface area contributed by atoms with Crippen LogP contribution in [0.15, 0.2) is 30.6 Å². The smallest absolute Gasteiger partial charge is 0.331 e. The first kappa shape index (κ1) is 15.7. The number of aliphatic carboxylic acids is 1. The molecule has 0 fully saturated rings. The highest BCUT2D eigenvalue weighted by molar-refractivity contribution is 6.04. The summed E-state index contributed by atoms with van der Waals surface area (Å²) in [6.45, 7) is 4.56. The molecule has 7 heteroatoms. The van der Waals surface area contributed by atoms with Gasteiger partial charge in [0.1, 0.15) is 5.82 Å². The summed E-state index contributed by atoms with van der Waals surface area (Å²) in [5.41, 5.74) is -0.184. The van der Waals surface area contributed by atoms with Gasteiger partial charge >= 0.3 is 5.97 Å². The van der Waals surface area contributed by atoms with E-state index in [1.165, 1.54) is 49.1 Å². The molecule has 0 radical (unpaired) electrons. The van der Waals surface area contributed by atoms with Crippen LogP contribution in [-0.4, -0.2) is 26.8 Å². The molecule has 0 saturated heterocycles. The number of carbonyl (C=O) groups excluding carboxylic acids is 1. The number of hydrogen-bond donors (Lipinski definition) is 2. The first-order valence-electron chi connectivity index (χ1n) is 6.58. The van der Waals surface area contributed by atoms with Crippen LogP contribution >= 0.6 is 0 Å². The van der Waals surface area contributed by atoms with Gasteiger partial charge in [0.25, 0.3) is 5.91 Å². The fourth-order valence-electron chi connectivity index (χ4n) is 1.78. The molecule has 116 valence electrons. The molecule has 1 amide bonds. The highest BCUT2D eigenvalue weighted by Crippen LogP contribution is 2.18. The Morgan fingerprint density at radius 1 is 1.36 bits per heavy atom. The molecular formula is C15H16FN3O3. The van der Waals surface area contributed by atoms with Gasteiger partial charge in [-0.2, -0.15) is 5.10 Å². The second-order valence-corrected chi connectivity index (χ2v) is 5.46. The molecule has 0 atom stereocenters. The molecule has 1 aromatic heterocycles. The Balaban J connectivity index is 2.18. The monoisotopic (exact) mass is 305 g/mol. The van der Waals surface area contributed by atoms with Crippen molar-refractivity contribution in [2.24, 2.45) is 0 Å². The zero-order valence-corrected chi connectivity index (χ0v) is 12.4. The van der Waals surface area contributed by atoms with Crippen LogP contribution in [0, 0.1) is 12.7 Å². The summed E-state index contributed by atoms with van der Waals surface area (Å²) in [6, 6.07) is 4.04. The van der Waals surface area contributed by atoms with Crippen LogP contribution in [0.3, 0.4) is 0 Å². The molecule has 6 nitrogen and oxygen atoms in total. The first-order valence-corrected chi connectivity index (χ1v) is 6.58. The van der Waals surface area contributed by atoms with E-state index in [0.29, 0.717) is 16.8 Å². The number of rotatable bonds is 4. The molecule has 2 N–H and O–H groups in total. The van der Waals surface area contributed by atoms with Gasteiger partial charge in [-0.15, -0.1) is 0 Å². The van der Waals surface area contributed by atoms with Crippen molar-refractivity contribution in [2.75, 3.05) is 5.32 Å². The highest BCUT2D eigenvalue weighted by atomic mass is 19.1. The van der Waals surface area contributed by atoms with Crippen molar-refractivity contribution in [2.45, 2.75) is 26.3 Å². The average Bonchev–Trinajstić information content (AvgIpc) is 2.90. The lowest BCUT2D eigenvalue weighted by atomic mass is 10.1. The third-order valence-electron chi connectivity index (χ3n) is 3.36. The number of nitrogens with zero attached hydrogens (tertiary/aromatic N) is 2. The van der Waals surface area contributed by atoms with Crippen molar-refractivity contribution in [3.63, 3.8) is 0 Å². The van der Waals surface area contributed by atoms with E-state index in [1.807, 2.05) is 0 Å². The molecule has 1 heterocycles. The normalized spacial score (nSPS) is 11.3. The zero-order chi connectivity index (χ0) is 16.5. The fraction of sp³-hybridized carbons (Fsp3) is 0.267. The summed E-state index contributed by atoms with van der Waals surface area (Å²) in [4.78, 5) is 23.2. The molecule has 1 aromatic carbocycles. The number of nitrogens with one attached hydrogen (secondary N) is 1. The summed E-state index contributed by atoms with van der Waals surface area (Å²) in [6.07, 6.45) is 2.79. The Kier molecular flexibility index (Phi) is 3.99. The van der Waals surface area contributed by atoms with Crippen molar-refractivity contribution in [1.82, 2.24) is 9.78 Å². The Hall–Kier alpha value is -2.70. The van der Waals surface area contributed by atoms with Crippen molar-refractivity contribution in [3.8, 4) is 0 Å². The van der Waals surface area contributed by atoms with E-state index < -0.39 is 17.4 Å². The van der Waals surface area contributed by atoms with Gasteiger partial charge in [-0.25, -0.2) is 9.18 Å². The molecule has 0 bridgehead atoms. The zero-order valence-electron chi connectivity index (χ0n) is 12.4.